The number of hydrogen-bond acceptors (Lipinski definition) is 5. The topological polar surface area (TPSA) is 85.9 Å². The Morgan fingerprint density at radius 1 is 0.792 bits per heavy atom. The summed E-state index contributed by atoms with van der Waals surface area (Å²) in [7, 11) is 0. The molecule has 0 aromatic carbocycles. The minimum absolute atomic E-state index is 0.0629. The van der Waals surface area contributed by atoms with Crippen LogP contribution in [0.2, 0.25) is 0 Å². The number of nitrogens with one attached hydrogen (secondary N) is 2. The van der Waals surface area contributed by atoms with Gasteiger partial charge in [-0.2, -0.15) is 0 Å². The van der Waals surface area contributed by atoms with Crippen LogP contribution in [0, 0.1) is 5.92 Å². The lowest BCUT2D eigenvalue weighted by molar-refractivity contribution is -0.122. The van der Waals surface area contributed by atoms with E-state index in [1.807, 2.05) is 20.8 Å². The third kappa shape index (κ3) is 17.2. The van der Waals surface area contributed by atoms with E-state index in [9.17, 15) is 9.59 Å². The van der Waals surface area contributed by atoms with Gasteiger partial charge in [-0.3, -0.25) is 9.59 Å². The Morgan fingerprint density at radius 2 is 1.25 bits per heavy atom. The molecule has 0 aliphatic carbocycles. The van der Waals surface area contributed by atoms with E-state index < -0.39 is 0 Å². The number of carbonyl (C=O) groups is 2. The van der Waals surface area contributed by atoms with Crippen LogP contribution < -0.4 is 10.6 Å². The van der Waals surface area contributed by atoms with Gasteiger partial charge in [0.1, 0.15) is 0 Å². The van der Waals surface area contributed by atoms with Crippen molar-refractivity contribution in [3.05, 3.63) is 0 Å². The van der Waals surface area contributed by atoms with Gasteiger partial charge in [-0.15, -0.1) is 0 Å². The SMILES string of the molecule is CCCC(=O)NCCOCCOCCOCCNC(=O)CC(C)C. The zero-order chi connectivity index (χ0) is 18.0. The maximum Gasteiger partial charge on any atom is 0.220 e. The van der Waals surface area contributed by atoms with Crippen molar-refractivity contribution in [2.24, 2.45) is 5.92 Å². The third-order valence-corrected chi connectivity index (χ3v) is 2.95. The van der Waals surface area contributed by atoms with Crippen molar-refractivity contribution in [2.45, 2.75) is 40.0 Å². The summed E-state index contributed by atoms with van der Waals surface area (Å²) in [4.78, 5) is 22.6. The molecule has 0 aliphatic heterocycles. The van der Waals surface area contributed by atoms with Gasteiger partial charge in [0.15, 0.2) is 0 Å². The van der Waals surface area contributed by atoms with Crippen LogP contribution in [0.25, 0.3) is 0 Å². The monoisotopic (exact) mass is 346 g/mol. The molecule has 0 saturated heterocycles. The van der Waals surface area contributed by atoms with Gasteiger partial charge in [0.2, 0.25) is 11.8 Å². The third-order valence-electron chi connectivity index (χ3n) is 2.95. The summed E-state index contributed by atoms with van der Waals surface area (Å²) >= 11 is 0. The van der Waals surface area contributed by atoms with Crippen molar-refractivity contribution in [1.82, 2.24) is 10.6 Å². The van der Waals surface area contributed by atoms with E-state index in [2.05, 4.69) is 10.6 Å². The summed E-state index contributed by atoms with van der Waals surface area (Å²) in [5.74, 6) is 0.497. The molecule has 0 heterocycles. The van der Waals surface area contributed by atoms with Crippen molar-refractivity contribution >= 4 is 11.8 Å². The second-order valence-corrected chi connectivity index (χ2v) is 5.88. The van der Waals surface area contributed by atoms with Crippen molar-refractivity contribution < 1.29 is 23.8 Å². The molecule has 0 rings (SSSR count). The molecule has 2 amide bonds. The zero-order valence-electron chi connectivity index (χ0n) is 15.4. The molecule has 0 fully saturated rings. The molecule has 2 N–H and O–H groups in total. The Bertz CT molecular complexity index is 324. The van der Waals surface area contributed by atoms with Gasteiger partial charge in [0.05, 0.1) is 39.6 Å². The highest BCUT2D eigenvalue weighted by Gasteiger charge is 2.03. The first-order chi connectivity index (χ1) is 11.6. The highest BCUT2D eigenvalue weighted by atomic mass is 16.5. The average molecular weight is 346 g/mol. The molecule has 0 spiro atoms. The Balaban J connectivity index is 3.15. The summed E-state index contributed by atoms with van der Waals surface area (Å²) in [5.41, 5.74) is 0. The average Bonchev–Trinajstić information content (AvgIpc) is 2.51. The van der Waals surface area contributed by atoms with Crippen LogP contribution >= 0.6 is 0 Å². The van der Waals surface area contributed by atoms with Gasteiger partial charge in [-0.25, -0.2) is 0 Å². The second kappa shape index (κ2) is 16.7. The molecule has 142 valence electrons. The standard InChI is InChI=1S/C17H34N2O5/c1-4-5-16(20)18-6-8-22-10-12-24-13-11-23-9-7-19-17(21)14-15(2)3/h15H,4-14H2,1-3H3,(H,18,20)(H,19,21). The molecule has 0 radical (unpaired) electrons. The highest BCUT2D eigenvalue weighted by molar-refractivity contribution is 5.76. The number of ether oxygens (including phenoxy) is 3. The fourth-order valence-electron chi connectivity index (χ4n) is 1.83. The molecule has 24 heavy (non-hydrogen) atoms. The normalized spacial score (nSPS) is 10.8. The fourth-order valence-corrected chi connectivity index (χ4v) is 1.83. The highest BCUT2D eigenvalue weighted by Crippen LogP contribution is 1.97. The molecule has 0 unspecified atom stereocenters. The lowest BCUT2D eigenvalue weighted by atomic mass is 10.1. The van der Waals surface area contributed by atoms with E-state index in [0.717, 1.165) is 6.42 Å². The first-order valence-electron chi connectivity index (χ1n) is 8.82. The first kappa shape index (κ1) is 22.8. The molecule has 0 aromatic heterocycles. The lowest BCUT2D eigenvalue weighted by Gasteiger charge is -2.09. The quantitative estimate of drug-likeness (QED) is 0.409. The van der Waals surface area contributed by atoms with E-state index in [1.165, 1.54) is 0 Å². The maximum absolute atomic E-state index is 11.4. The number of hydrogen-bond donors (Lipinski definition) is 2. The van der Waals surface area contributed by atoms with E-state index >= 15 is 0 Å². The Hall–Kier alpha value is -1.18. The van der Waals surface area contributed by atoms with Crippen molar-refractivity contribution in [3.8, 4) is 0 Å². The summed E-state index contributed by atoms with van der Waals surface area (Å²) in [6.45, 7) is 10.0. The van der Waals surface area contributed by atoms with Crippen LogP contribution in [0.5, 0.6) is 0 Å². The number of carbonyl (C=O) groups excluding carboxylic acids is 2. The molecule has 0 atom stereocenters. The lowest BCUT2D eigenvalue weighted by Crippen LogP contribution is -2.28. The van der Waals surface area contributed by atoms with Gasteiger partial charge in [0.25, 0.3) is 0 Å². The molecule has 0 bridgehead atoms. The summed E-state index contributed by atoms with van der Waals surface area (Å²) in [6, 6.07) is 0. The Morgan fingerprint density at radius 3 is 1.71 bits per heavy atom. The van der Waals surface area contributed by atoms with Crippen LogP contribution in [0.4, 0.5) is 0 Å². The summed E-state index contributed by atoms with van der Waals surface area (Å²) in [6.07, 6.45) is 1.96. The summed E-state index contributed by atoms with van der Waals surface area (Å²) in [5, 5.41) is 5.58. The van der Waals surface area contributed by atoms with Crippen molar-refractivity contribution in [3.63, 3.8) is 0 Å². The van der Waals surface area contributed by atoms with Crippen LogP contribution in [-0.4, -0.2) is 64.5 Å². The van der Waals surface area contributed by atoms with Crippen LogP contribution in [-0.2, 0) is 23.8 Å². The molecule has 0 aliphatic rings. The van der Waals surface area contributed by atoms with Gasteiger partial charge in [-0.05, 0) is 12.3 Å². The molecule has 7 heteroatoms. The van der Waals surface area contributed by atoms with Gasteiger partial charge in [-0.1, -0.05) is 20.8 Å². The number of rotatable bonds is 16. The van der Waals surface area contributed by atoms with Gasteiger partial charge in [0, 0.05) is 25.9 Å². The molecule has 0 saturated carbocycles. The number of amides is 2. The molecular weight excluding hydrogens is 312 g/mol. The maximum atomic E-state index is 11.4. The molecule has 7 nitrogen and oxygen atoms in total. The smallest absolute Gasteiger partial charge is 0.220 e. The first-order valence-corrected chi connectivity index (χ1v) is 8.82. The second-order valence-electron chi connectivity index (χ2n) is 5.88. The van der Waals surface area contributed by atoms with E-state index in [0.29, 0.717) is 71.5 Å². The zero-order valence-corrected chi connectivity index (χ0v) is 15.4. The van der Waals surface area contributed by atoms with E-state index in [1.54, 1.807) is 0 Å². The fraction of sp³-hybridized carbons (Fsp3) is 0.882. The predicted molar refractivity (Wildman–Crippen MR) is 92.8 cm³/mol. The van der Waals surface area contributed by atoms with Crippen LogP contribution in [0.15, 0.2) is 0 Å². The summed E-state index contributed by atoms with van der Waals surface area (Å²) < 4.78 is 16.0. The minimum Gasteiger partial charge on any atom is -0.377 e. The Kier molecular flexibility index (Phi) is 15.9. The van der Waals surface area contributed by atoms with Gasteiger partial charge >= 0.3 is 0 Å². The van der Waals surface area contributed by atoms with E-state index in [-0.39, 0.29) is 11.8 Å². The Labute approximate surface area is 145 Å². The van der Waals surface area contributed by atoms with Crippen LogP contribution in [0.3, 0.4) is 0 Å². The minimum atomic E-state index is 0.0629. The molecule has 0 aromatic rings. The van der Waals surface area contributed by atoms with Gasteiger partial charge < -0.3 is 24.8 Å². The predicted octanol–water partition coefficient (Wildman–Crippen LogP) is 1.11. The largest absolute Gasteiger partial charge is 0.377 e. The van der Waals surface area contributed by atoms with Crippen LogP contribution in [0.1, 0.15) is 40.0 Å². The van der Waals surface area contributed by atoms with Crippen molar-refractivity contribution in [1.29, 1.82) is 0 Å². The van der Waals surface area contributed by atoms with E-state index in [4.69, 9.17) is 14.2 Å². The molecular formula is C17H34N2O5. The van der Waals surface area contributed by atoms with Crippen molar-refractivity contribution in [2.75, 3.05) is 52.7 Å².